The zero-order chi connectivity index (χ0) is 13.9. The van der Waals surface area contributed by atoms with Gasteiger partial charge in [0.05, 0.1) is 7.11 Å². The van der Waals surface area contributed by atoms with Gasteiger partial charge in [-0.2, -0.15) is 0 Å². The van der Waals surface area contributed by atoms with Gasteiger partial charge in [0.2, 0.25) is 0 Å². The van der Waals surface area contributed by atoms with Crippen molar-refractivity contribution in [2.24, 2.45) is 0 Å². The standard InChI is InChI=1S/C17H20O2/c1-4-17(18,14-8-6-5-7-9-14)16-11-10-15(19-3)12-13(16)2/h5-12,18H,4H2,1-3H3. The van der Waals surface area contributed by atoms with Gasteiger partial charge in [-0.1, -0.05) is 43.3 Å². The number of hydrogen-bond donors (Lipinski definition) is 1. The maximum atomic E-state index is 11.1. The van der Waals surface area contributed by atoms with Gasteiger partial charge in [-0.3, -0.25) is 0 Å². The Morgan fingerprint density at radius 1 is 1.11 bits per heavy atom. The van der Waals surface area contributed by atoms with Crippen LogP contribution in [0.1, 0.15) is 30.0 Å². The lowest BCUT2D eigenvalue weighted by Gasteiger charge is -2.29. The minimum atomic E-state index is -0.947. The summed E-state index contributed by atoms with van der Waals surface area (Å²) in [5.41, 5.74) is 1.94. The summed E-state index contributed by atoms with van der Waals surface area (Å²) in [4.78, 5) is 0. The maximum absolute atomic E-state index is 11.1. The van der Waals surface area contributed by atoms with Crippen molar-refractivity contribution < 1.29 is 9.84 Å². The second kappa shape index (κ2) is 5.45. The maximum Gasteiger partial charge on any atom is 0.119 e. The number of aliphatic hydroxyl groups is 1. The molecule has 1 N–H and O–H groups in total. The van der Waals surface area contributed by atoms with E-state index in [0.717, 1.165) is 22.4 Å². The fourth-order valence-corrected chi connectivity index (χ4v) is 2.49. The highest BCUT2D eigenvalue weighted by atomic mass is 16.5. The molecule has 0 aliphatic rings. The first kappa shape index (κ1) is 13.6. The van der Waals surface area contributed by atoms with Gasteiger partial charge in [-0.05, 0) is 42.2 Å². The van der Waals surface area contributed by atoms with Crippen LogP contribution in [-0.4, -0.2) is 12.2 Å². The molecule has 0 amide bonds. The number of hydrogen-bond acceptors (Lipinski definition) is 2. The lowest BCUT2D eigenvalue weighted by atomic mass is 9.82. The van der Waals surface area contributed by atoms with Crippen LogP contribution in [0.25, 0.3) is 0 Å². The Balaban J connectivity index is 2.53. The van der Waals surface area contributed by atoms with Gasteiger partial charge in [-0.25, -0.2) is 0 Å². The van der Waals surface area contributed by atoms with Crippen LogP contribution in [-0.2, 0) is 5.60 Å². The Hall–Kier alpha value is -1.80. The minimum absolute atomic E-state index is 0.629. The van der Waals surface area contributed by atoms with E-state index < -0.39 is 5.60 Å². The van der Waals surface area contributed by atoms with E-state index in [9.17, 15) is 5.11 Å². The highest BCUT2D eigenvalue weighted by molar-refractivity contribution is 5.43. The van der Waals surface area contributed by atoms with Crippen molar-refractivity contribution >= 4 is 0 Å². The number of ether oxygens (including phenoxy) is 1. The first-order chi connectivity index (χ1) is 9.11. The van der Waals surface area contributed by atoms with Crippen molar-refractivity contribution in [1.29, 1.82) is 0 Å². The highest BCUT2D eigenvalue weighted by Crippen LogP contribution is 2.35. The number of benzene rings is 2. The Bertz CT molecular complexity index is 548. The number of aryl methyl sites for hydroxylation is 1. The third kappa shape index (κ3) is 2.49. The Kier molecular flexibility index (Phi) is 3.91. The van der Waals surface area contributed by atoms with Gasteiger partial charge >= 0.3 is 0 Å². The summed E-state index contributed by atoms with van der Waals surface area (Å²) in [6.45, 7) is 4.00. The third-order valence-corrected chi connectivity index (χ3v) is 3.64. The number of rotatable bonds is 4. The average Bonchev–Trinajstić information content (AvgIpc) is 2.47. The normalized spacial score (nSPS) is 13.9. The van der Waals surface area contributed by atoms with Crippen LogP contribution in [0.2, 0.25) is 0 Å². The quantitative estimate of drug-likeness (QED) is 0.904. The van der Waals surface area contributed by atoms with Crippen LogP contribution >= 0.6 is 0 Å². The van der Waals surface area contributed by atoms with Crippen molar-refractivity contribution in [3.8, 4) is 5.75 Å². The zero-order valence-corrected chi connectivity index (χ0v) is 11.7. The molecule has 0 bridgehead atoms. The van der Waals surface area contributed by atoms with Crippen LogP contribution in [0.15, 0.2) is 48.5 Å². The molecular weight excluding hydrogens is 236 g/mol. The molecule has 2 aromatic carbocycles. The van der Waals surface area contributed by atoms with Crippen LogP contribution in [0.3, 0.4) is 0 Å². The summed E-state index contributed by atoms with van der Waals surface area (Å²) in [7, 11) is 1.65. The predicted molar refractivity (Wildman–Crippen MR) is 77.5 cm³/mol. The molecule has 2 nitrogen and oxygen atoms in total. The summed E-state index contributed by atoms with van der Waals surface area (Å²) in [6, 6.07) is 15.6. The molecule has 1 atom stereocenters. The van der Waals surface area contributed by atoms with E-state index in [-0.39, 0.29) is 0 Å². The van der Waals surface area contributed by atoms with Crippen LogP contribution in [0, 0.1) is 6.92 Å². The van der Waals surface area contributed by atoms with E-state index in [0.29, 0.717) is 6.42 Å². The van der Waals surface area contributed by atoms with Gasteiger partial charge < -0.3 is 9.84 Å². The second-order valence-electron chi connectivity index (χ2n) is 4.76. The molecule has 2 rings (SSSR count). The molecule has 0 saturated carbocycles. The molecule has 0 radical (unpaired) electrons. The van der Waals surface area contributed by atoms with E-state index in [1.807, 2.05) is 62.4 Å². The summed E-state index contributed by atoms with van der Waals surface area (Å²) in [6.07, 6.45) is 0.629. The lowest BCUT2D eigenvalue weighted by molar-refractivity contribution is 0.0758. The summed E-state index contributed by atoms with van der Waals surface area (Å²) >= 11 is 0. The van der Waals surface area contributed by atoms with Gasteiger partial charge in [-0.15, -0.1) is 0 Å². The molecule has 19 heavy (non-hydrogen) atoms. The lowest BCUT2D eigenvalue weighted by Crippen LogP contribution is -2.27. The smallest absolute Gasteiger partial charge is 0.119 e. The predicted octanol–water partition coefficient (Wildman–Crippen LogP) is 3.65. The number of methoxy groups -OCH3 is 1. The van der Waals surface area contributed by atoms with Crippen molar-refractivity contribution in [3.63, 3.8) is 0 Å². The van der Waals surface area contributed by atoms with Crippen molar-refractivity contribution in [1.82, 2.24) is 0 Å². The van der Waals surface area contributed by atoms with Crippen LogP contribution in [0.5, 0.6) is 5.75 Å². The first-order valence-electron chi connectivity index (χ1n) is 6.55. The van der Waals surface area contributed by atoms with Gasteiger partial charge in [0.25, 0.3) is 0 Å². The van der Waals surface area contributed by atoms with Gasteiger partial charge in [0.1, 0.15) is 11.4 Å². The molecule has 0 aliphatic carbocycles. The Morgan fingerprint density at radius 3 is 2.32 bits per heavy atom. The van der Waals surface area contributed by atoms with E-state index in [1.54, 1.807) is 7.11 Å². The second-order valence-corrected chi connectivity index (χ2v) is 4.76. The summed E-state index contributed by atoms with van der Waals surface area (Å²) in [5.74, 6) is 0.813. The van der Waals surface area contributed by atoms with E-state index in [1.165, 1.54) is 0 Å². The molecular formula is C17H20O2. The minimum Gasteiger partial charge on any atom is -0.497 e. The molecule has 0 heterocycles. The monoisotopic (exact) mass is 256 g/mol. The Morgan fingerprint density at radius 2 is 1.79 bits per heavy atom. The molecule has 0 fully saturated rings. The van der Waals surface area contributed by atoms with E-state index in [2.05, 4.69) is 0 Å². The molecule has 0 saturated heterocycles. The SMILES string of the molecule is CCC(O)(c1ccccc1)c1ccc(OC)cc1C. The third-order valence-electron chi connectivity index (χ3n) is 3.64. The average molecular weight is 256 g/mol. The molecule has 100 valence electrons. The van der Waals surface area contributed by atoms with E-state index in [4.69, 9.17) is 4.74 Å². The zero-order valence-electron chi connectivity index (χ0n) is 11.7. The molecule has 0 spiro atoms. The van der Waals surface area contributed by atoms with Crippen molar-refractivity contribution in [2.45, 2.75) is 25.9 Å². The topological polar surface area (TPSA) is 29.5 Å². The largest absolute Gasteiger partial charge is 0.497 e. The Labute approximate surface area is 114 Å². The van der Waals surface area contributed by atoms with Gasteiger partial charge in [0, 0.05) is 0 Å². The fraction of sp³-hybridized carbons (Fsp3) is 0.294. The van der Waals surface area contributed by atoms with Crippen LogP contribution < -0.4 is 4.74 Å². The summed E-state index contributed by atoms with van der Waals surface area (Å²) < 4.78 is 5.22. The van der Waals surface area contributed by atoms with Crippen molar-refractivity contribution in [3.05, 3.63) is 65.2 Å². The molecule has 2 heteroatoms. The molecule has 2 aromatic rings. The molecule has 0 aliphatic heterocycles. The van der Waals surface area contributed by atoms with Gasteiger partial charge in [0.15, 0.2) is 0 Å². The molecule has 0 aromatic heterocycles. The van der Waals surface area contributed by atoms with Crippen molar-refractivity contribution in [2.75, 3.05) is 7.11 Å². The first-order valence-corrected chi connectivity index (χ1v) is 6.55. The molecule has 1 unspecified atom stereocenters. The van der Waals surface area contributed by atoms with Crippen LogP contribution in [0.4, 0.5) is 0 Å². The summed E-state index contributed by atoms with van der Waals surface area (Å²) in [5, 5.41) is 11.1. The van der Waals surface area contributed by atoms with E-state index >= 15 is 0 Å². The fourth-order valence-electron chi connectivity index (χ4n) is 2.49. The highest BCUT2D eigenvalue weighted by Gasteiger charge is 2.30.